The summed E-state index contributed by atoms with van der Waals surface area (Å²) < 4.78 is 18.2. The van der Waals surface area contributed by atoms with Gasteiger partial charge >= 0.3 is 11.9 Å². The minimum absolute atomic E-state index is 0.265. The van der Waals surface area contributed by atoms with Crippen molar-refractivity contribution in [3.63, 3.8) is 0 Å². The first kappa shape index (κ1) is 46.8. The lowest BCUT2D eigenvalue weighted by molar-refractivity contribution is 0.0472. The summed E-state index contributed by atoms with van der Waals surface area (Å²) in [4.78, 5) is 26.7. The topological polar surface area (TPSA) is 82.1 Å². The molecule has 0 aromatic heterocycles. The lowest BCUT2D eigenvalue weighted by Gasteiger charge is -2.16. The first-order valence-electron chi connectivity index (χ1n) is 22.7. The third-order valence-corrected chi connectivity index (χ3v) is 13.5. The molecular weight excluding hydrogens is 869 g/mol. The average molecular weight is 923 g/mol. The summed E-state index contributed by atoms with van der Waals surface area (Å²) in [5.41, 5.74) is 13.5. The second-order valence-corrected chi connectivity index (χ2v) is 18.2. The van der Waals surface area contributed by atoms with Gasteiger partial charge in [-0.2, -0.15) is 0 Å². The molecule has 7 aromatic rings. The molecular formula is C59H54O6S2. The van der Waals surface area contributed by atoms with Crippen molar-refractivity contribution in [1.82, 2.24) is 0 Å². The van der Waals surface area contributed by atoms with Gasteiger partial charge in [0.2, 0.25) is 0 Å². The Balaban J connectivity index is 0.000000186. The zero-order valence-electron chi connectivity index (χ0n) is 37.9. The van der Waals surface area contributed by atoms with Crippen LogP contribution in [-0.4, -0.2) is 29.6 Å². The minimum atomic E-state index is -0.895. The Kier molecular flexibility index (Phi) is 16.1. The van der Waals surface area contributed by atoms with E-state index in [0.717, 1.165) is 89.0 Å². The molecule has 0 aliphatic heterocycles. The van der Waals surface area contributed by atoms with Crippen LogP contribution in [0.2, 0.25) is 0 Å². The van der Waals surface area contributed by atoms with E-state index in [1.165, 1.54) is 32.1 Å². The van der Waals surface area contributed by atoms with Gasteiger partial charge in [0.25, 0.3) is 0 Å². The van der Waals surface area contributed by atoms with E-state index < -0.39 is 5.97 Å². The van der Waals surface area contributed by atoms with Crippen molar-refractivity contribution in [3.8, 4) is 11.5 Å². The van der Waals surface area contributed by atoms with Crippen molar-refractivity contribution in [2.45, 2.75) is 68.1 Å². The Labute approximate surface area is 402 Å². The van der Waals surface area contributed by atoms with Gasteiger partial charge in [-0.3, -0.25) is 0 Å². The van der Waals surface area contributed by atoms with Gasteiger partial charge in [-0.15, -0.1) is 23.5 Å². The molecule has 0 spiro atoms. The third kappa shape index (κ3) is 12.2. The quantitative estimate of drug-likeness (QED) is 0.0758. The van der Waals surface area contributed by atoms with Crippen LogP contribution in [0.25, 0.3) is 22.3 Å². The van der Waals surface area contributed by atoms with Crippen molar-refractivity contribution in [2.24, 2.45) is 0 Å². The zero-order valence-corrected chi connectivity index (χ0v) is 39.5. The fraction of sp³-hybridized carbons (Fsp3) is 0.186. The van der Waals surface area contributed by atoms with Crippen LogP contribution in [0.5, 0.6) is 11.5 Å². The Morgan fingerprint density at radius 2 is 0.881 bits per heavy atom. The minimum Gasteiger partial charge on any atom is -0.488 e. The highest BCUT2D eigenvalue weighted by molar-refractivity contribution is 7.98. The van der Waals surface area contributed by atoms with Crippen LogP contribution in [0.1, 0.15) is 98.2 Å². The lowest BCUT2D eigenvalue weighted by Crippen LogP contribution is -2.05. The number of carboxylic acid groups (broad SMARTS) is 1. The molecule has 0 bridgehead atoms. The molecule has 1 N–H and O–H groups in total. The second kappa shape index (κ2) is 23.1. The average Bonchev–Trinajstić information content (AvgIpc) is 4.09. The summed E-state index contributed by atoms with van der Waals surface area (Å²) in [6.07, 6.45) is 10.2. The molecule has 2 aliphatic rings. The Hall–Kier alpha value is -6.74. The van der Waals surface area contributed by atoms with Crippen LogP contribution < -0.4 is 9.47 Å². The molecule has 0 amide bonds. The van der Waals surface area contributed by atoms with Gasteiger partial charge in [0.05, 0.1) is 11.1 Å². The van der Waals surface area contributed by atoms with Crippen LogP contribution in [0.3, 0.4) is 0 Å². The molecule has 8 heteroatoms. The van der Waals surface area contributed by atoms with Gasteiger partial charge in [-0.25, -0.2) is 9.59 Å². The van der Waals surface area contributed by atoms with Crippen LogP contribution in [-0.2, 0) is 24.6 Å². The molecule has 0 atom stereocenters. The summed E-state index contributed by atoms with van der Waals surface area (Å²) in [6, 6.07) is 58.1. The van der Waals surface area contributed by atoms with E-state index in [9.17, 15) is 14.7 Å². The first-order valence-corrected chi connectivity index (χ1v) is 25.1. The maximum atomic E-state index is 12.8. The van der Waals surface area contributed by atoms with Gasteiger partial charge in [0, 0.05) is 20.9 Å². The largest absolute Gasteiger partial charge is 0.488 e. The molecule has 6 nitrogen and oxygen atoms in total. The zero-order chi connectivity index (χ0) is 46.4. The maximum absolute atomic E-state index is 12.8. The second-order valence-electron chi connectivity index (χ2n) is 16.4. The Bertz CT molecular complexity index is 2870. The van der Waals surface area contributed by atoms with E-state index in [1.54, 1.807) is 35.7 Å². The molecule has 7 aromatic carbocycles. The number of ether oxygens (including phenoxy) is 3. The monoisotopic (exact) mass is 922 g/mol. The number of rotatable bonds is 16. The number of esters is 1. The van der Waals surface area contributed by atoms with E-state index in [4.69, 9.17) is 14.2 Å². The molecule has 9 rings (SSSR count). The summed E-state index contributed by atoms with van der Waals surface area (Å²) >= 11 is 3.45. The fourth-order valence-corrected chi connectivity index (χ4v) is 9.55. The molecule has 0 heterocycles. The number of thioether (sulfide) groups is 2. The summed E-state index contributed by atoms with van der Waals surface area (Å²) in [5.74, 6) is 0.574. The standard InChI is InChI=1S/C33H30O3S.C26H24O3S/c1-37-28-18-19-32(35-22-24-10-4-2-5-11-24)31(21-28)30-17-9-16-29(30)26-14-8-15-27(20-26)33(34)36-23-25-12-6-3-7-13-25;1-30-21-13-14-25(29-17-18-7-3-2-4-8-18)24(16-21)23-12-6-11-22(23)19-9-5-10-20(15-19)26(27)28/h2-8,10-15,18-21H,9,16-17,22-23H2,1H3;2-5,7-10,13-16H,6,11-12,17H2,1H3,(H,27,28). The molecule has 0 fully saturated rings. The highest BCUT2D eigenvalue weighted by Crippen LogP contribution is 2.45. The Morgan fingerprint density at radius 3 is 1.33 bits per heavy atom. The van der Waals surface area contributed by atoms with Gasteiger partial charge in [0.1, 0.15) is 31.3 Å². The summed E-state index contributed by atoms with van der Waals surface area (Å²) in [7, 11) is 0. The number of benzene rings is 7. The maximum Gasteiger partial charge on any atom is 0.338 e. The van der Waals surface area contributed by atoms with Gasteiger partial charge in [-0.05, 0) is 162 Å². The number of allylic oxidation sites excluding steroid dienone is 4. The van der Waals surface area contributed by atoms with Crippen LogP contribution in [0.4, 0.5) is 0 Å². The van der Waals surface area contributed by atoms with E-state index in [0.29, 0.717) is 24.3 Å². The number of carbonyl (C=O) groups is 2. The SMILES string of the molecule is CSc1ccc(OCc2ccccc2)c(C2=C(c3cccc(C(=O)O)c3)CCC2)c1.CSc1ccc(OCc2ccccc2)c(C2=C(c3cccc(C(=O)OCc4ccccc4)c3)CCC2)c1. The van der Waals surface area contributed by atoms with E-state index in [1.807, 2.05) is 97.1 Å². The van der Waals surface area contributed by atoms with Crippen molar-refractivity contribution in [2.75, 3.05) is 12.5 Å². The molecule has 0 radical (unpaired) electrons. The number of carbonyl (C=O) groups excluding carboxylic acids is 1. The smallest absolute Gasteiger partial charge is 0.338 e. The summed E-state index contributed by atoms with van der Waals surface area (Å²) in [6.45, 7) is 1.31. The lowest BCUT2D eigenvalue weighted by atomic mass is 9.95. The normalized spacial score (nSPS) is 13.2. The van der Waals surface area contributed by atoms with E-state index >= 15 is 0 Å². The molecule has 338 valence electrons. The molecule has 2 aliphatic carbocycles. The van der Waals surface area contributed by atoms with Gasteiger partial charge < -0.3 is 19.3 Å². The van der Waals surface area contributed by atoms with Crippen LogP contribution >= 0.6 is 23.5 Å². The van der Waals surface area contributed by atoms with Crippen LogP contribution in [0.15, 0.2) is 186 Å². The van der Waals surface area contributed by atoms with Crippen molar-refractivity contribution in [1.29, 1.82) is 0 Å². The third-order valence-electron chi connectivity index (χ3n) is 12.1. The molecule has 0 saturated heterocycles. The van der Waals surface area contributed by atoms with Gasteiger partial charge in [-0.1, -0.05) is 115 Å². The number of hydrogen-bond acceptors (Lipinski definition) is 7. The predicted molar refractivity (Wildman–Crippen MR) is 275 cm³/mol. The highest BCUT2D eigenvalue weighted by Gasteiger charge is 2.24. The molecule has 0 unspecified atom stereocenters. The highest BCUT2D eigenvalue weighted by atomic mass is 32.2. The number of hydrogen-bond donors (Lipinski definition) is 1. The van der Waals surface area contributed by atoms with Gasteiger partial charge in [0.15, 0.2) is 0 Å². The van der Waals surface area contributed by atoms with E-state index in [2.05, 4.69) is 79.2 Å². The number of carboxylic acids is 1. The predicted octanol–water partition coefficient (Wildman–Crippen LogP) is 15.2. The number of aromatic carboxylic acids is 1. The fourth-order valence-electron chi connectivity index (χ4n) is 8.67. The van der Waals surface area contributed by atoms with Crippen molar-refractivity contribution >= 4 is 57.8 Å². The van der Waals surface area contributed by atoms with Crippen molar-refractivity contribution in [3.05, 3.63) is 226 Å². The van der Waals surface area contributed by atoms with E-state index in [-0.39, 0.29) is 12.6 Å². The van der Waals surface area contributed by atoms with Crippen molar-refractivity contribution < 1.29 is 28.9 Å². The first-order chi connectivity index (χ1) is 32.9. The molecule has 0 saturated carbocycles. The summed E-state index contributed by atoms with van der Waals surface area (Å²) in [5, 5.41) is 9.39. The Morgan fingerprint density at radius 1 is 0.463 bits per heavy atom. The van der Waals surface area contributed by atoms with Crippen LogP contribution in [0, 0.1) is 0 Å². The molecule has 67 heavy (non-hydrogen) atoms.